The monoisotopic (exact) mass is 344 g/mol. The van der Waals surface area contributed by atoms with Gasteiger partial charge in [0.05, 0.1) is 23.6 Å². The summed E-state index contributed by atoms with van der Waals surface area (Å²) < 4.78 is -0.159. The van der Waals surface area contributed by atoms with Gasteiger partial charge in [0.2, 0.25) is 0 Å². The lowest BCUT2D eigenvalue weighted by atomic mass is 10.0. The van der Waals surface area contributed by atoms with Gasteiger partial charge in [-0.05, 0) is 17.7 Å². The lowest BCUT2D eigenvalue weighted by Crippen LogP contribution is -2.53. The molecular weight excluding hydrogens is 328 g/mol. The second-order valence-corrected chi connectivity index (χ2v) is 6.83. The number of nitrogens with zero attached hydrogens (tertiary/aromatic N) is 2. The van der Waals surface area contributed by atoms with Gasteiger partial charge in [0, 0.05) is 5.56 Å². The van der Waals surface area contributed by atoms with Gasteiger partial charge in [-0.1, -0.05) is 48.2 Å². The Morgan fingerprint density at radius 2 is 1.77 bits per heavy atom. The standard InChI is InChI=1S/C21H16N2O3/c22-11-14-6-8-15(9-7-14)12-23-13-17(24)10-18(23)20(25)19(21(23)26)16-4-2-1-3-5-16/h1-9,18H,10,12-13H2. The van der Waals surface area contributed by atoms with Crippen LogP contribution in [0.1, 0.15) is 23.1 Å². The molecule has 5 heteroatoms. The van der Waals surface area contributed by atoms with Crippen molar-refractivity contribution < 1.29 is 19.2 Å². The maximum absolute atomic E-state index is 13.3. The predicted molar refractivity (Wildman–Crippen MR) is 91.8 cm³/mol. The highest BCUT2D eigenvalue weighted by atomic mass is 16.3. The SMILES string of the molecule is N#Cc1ccc(C[N+]23CC(=O)CC2C([O-])=C(c2ccccc2)C3=O)cc1. The fraction of sp³-hybridized carbons (Fsp3) is 0.190. The molecule has 2 aliphatic heterocycles. The topological polar surface area (TPSA) is 81.0 Å². The van der Waals surface area contributed by atoms with Crippen molar-refractivity contribution in [2.24, 2.45) is 0 Å². The number of rotatable bonds is 3. The Labute approximate surface area is 151 Å². The predicted octanol–water partition coefficient (Wildman–Crippen LogP) is 1.53. The van der Waals surface area contributed by atoms with Crippen LogP contribution in [0.15, 0.2) is 60.4 Å². The zero-order valence-corrected chi connectivity index (χ0v) is 14.0. The van der Waals surface area contributed by atoms with Gasteiger partial charge < -0.3 is 5.11 Å². The molecule has 4 rings (SSSR count). The number of hydrogen-bond acceptors (Lipinski definition) is 4. The van der Waals surface area contributed by atoms with Gasteiger partial charge in [0.1, 0.15) is 19.1 Å². The number of amides is 1. The van der Waals surface area contributed by atoms with E-state index in [1.807, 2.05) is 6.07 Å². The minimum Gasteiger partial charge on any atom is -0.871 e. The minimum absolute atomic E-state index is 0.0472. The molecule has 2 heterocycles. The zero-order valence-electron chi connectivity index (χ0n) is 14.0. The second kappa shape index (κ2) is 5.94. The van der Waals surface area contributed by atoms with E-state index in [4.69, 9.17) is 5.26 Å². The van der Waals surface area contributed by atoms with E-state index >= 15 is 0 Å². The lowest BCUT2D eigenvalue weighted by molar-refractivity contribution is -0.869. The molecule has 128 valence electrons. The largest absolute Gasteiger partial charge is 0.871 e. The summed E-state index contributed by atoms with van der Waals surface area (Å²) in [5.41, 5.74) is 2.18. The minimum atomic E-state index is -0.638. The molecule has 5 nitrogen and oxygen atoms in total. The van der Waals surface area contributed by atoms with Gasteiger partial charge >= 0.3 is 5.91 Å². The third-order valence-corrected chi connectivity index (χ3v) is 5.25. The van der Waals surface area contributed by atoms with Crippen molar-refractivity contribution in [3.05, 3.63) is 77.0 Å². The highest BCUT2D eigenvalue weighted by Gasteiger charge is 2.57. The average Bonchev–Trinajstić information content (AvgIpc) is 3.08. The maximum Gasteiger partial charge on any atom is 0.346 e. The number of benzene rings is 2. The molecule has 1 fully saturated rings. The summed E-state index contributed by atoms with van der Waals surface area (Å²) in [7, 11) is 0. The number of hydrogen-bond donors (Lipinski definition) is 0. The molecule has 2 unspecified atom stereocenters. The molecule has 2 aliphatic rings. The van der Waals surface area contributed by atoms with Crippen LogP contribution in [0, 0.1) is 11.3 Å². The third kappa shape index (κ3) is 2.35. The van der Waals surface area contributed by atoms with E-state index in [1.165, 1.54) is 0 Å². The number of Topliss-reactive ketones (excluding diaryl/α,β-unsaturated/α-hetero) is 1. The molecule has 1 amide bonds. The first-order chi connectivity index (χ1) is 12.5. The molecular formula is C21H16N2O3. The fourth-order valence-corrected chi connectivity index (χ4v) is 4.02. The molecule has 0 bridgehead atoms. The van der Waals surface area contributed by atoms with Gasteiger partial charge in [0.15, 0.2) is 5.78 Å². The average molecular weight is 344 g/mol. The van der Waals surface area contributed by atoms with Crippen molar-refractivity contribution in [3.8, 4) is 6.07 Å². The molecule has 0 radical (unpaired) electrons. The molecule has 2 aromatic carbocycles. The first-order valence-corrected chi connectivity index (χ1v) is 8.44. The van der Waals surface area contributed by atoms with Crippen molar-refractivity contribution in [1.29, 1.82) is 5.26 Å². The summed E-state index contributed by atoms with van der Waals surface area (Å²) in [5, 5.41) is 21.9. The summed E-state index contributed by atoms with van der Waals surface area (Å²) in [6, 6.07) is 17.3. The summed E-state index contributed by atoms with van der Waals surface area (Å²) >= 11 is 0. The molecule has 0 N–H and O–H groups in total. The van der Waals surface area contributed by atoms with Crippen molar-refractivity contribution in [3.63, 3.8) is 0 Å². The van der Waals surface area contributed by atoms with Crippen molar-refractivity contribution in [1.82, 2.24) is 0 Å². The normalized spacial score (nSPS) is 24.7. The van der Waals surface area contributed by atoms with E-state index in [2.05, 4.69) is 6.07 Å². The number of quaternary nitrogens is 1. The maximum atomic E-state index is 13.3. The summed E-state index contributed by atoms with van der Waals surface area (Å²) in [5.74, 6) is -0.570. The summed E-state index contributed by atoms with van der Waals surface area (Å²) in [6.07, 6.45) is 0.108. The lowest BCUT2D eigenvalue weighted by Gasteiger charge is -2.33. The van der Waals surface area contributed by atoms with E-state index in [-0.39, 0.29) is 47.0 Å². The van der Waals surface area contributed by atoms with Gasteiger partial charge in [-0.3, -0.25) is 4.79 Å². The molecule has 0 aliphatic carbocycles. The van der Waals surface area contributed by atoms with Crippen LogP contribution in [0.4, 0.5) is 0 Å². The van der Waals surface area contributed by atoms with E-state index in [9.17, 15) is 14.7 Å². The van der Waals surface area contributed by atoms with Crippen LogP contribution in [0.25, 0.3) is 5.57 Å². The number of carbonyl (C=O) groups excluding carboxylic acids is 2. The van der Waals surface area contributed by atoms with Crippen LogP contribution in [-0.2, 0) is 16.1 Å². The Kier molecular flexibility index (Phi) is 3.71. The summed E-state index contributed by atoms with van der Waals surface area (Å²) in [6.45, 7) is 0.328. The molecule has 0 spiro atoms. The number of nitriles is 1. The molecule has 0 saturated carbocycles. The van der Waals surface area contributed by atoms with Crippen LogP contribution in [-0.4, -0.2) is 28.8 Å². The Hall–Kier alpha value is -3.23. The molecule has 2 atom stereocenters. The van der Waals surface area contributed by atoms with Crippen LogP contribution in [0.5, 0.6) is 0 Å². The van der Waals surface area contributed by atoms with Gasteiger partial charge in [-0.15, -0.1) is 0 Å². The van der Waals surface area contributed by atoms with Crippen molar-refractivity contribution >= 4 is 17.3 Å². The third-order valence-electron chi connectivity index (χ3n) is 5.25. The highest BCUT2D eigenvalue weighted by Crippen LogP contribution is 2.42. The van der Waals surface area contributed by atoms with E-state index in [1.54, 1.807) is 48.5 Å². The molecule has 1 saturated heterocycles. The molecule has 0 aromatic heterocycles. The van der Waals surface area contributed by atoms with Crippen molar-refractivity contribution in [2.45, 2.75) is 19.0 Å². The van der Waals surface area contributed by atoms with E-state index < -0.39 is 6.04 Å². The Morgan fingerprint density at radius 3 is 2.42 bits per heavy atom. The van der Waals surface area contributed by atoms with Crippen LogP contribution in [0.2, 0.25) is 0 Å². The number of ketones is 1. The molecule has 26 heavy (non-hydrogen) atoms. The van der Waals surface area contributed by atoms with Crippen LogP contribution < -0.4 is 5.11 Å². The molecule has 2 aromatic rings. The fourth-order valence-electron chi connectivity index (χ4n) is 4.02. The second-order valence-electron chi connectivity index (χ2n) is 6.83. The van der Waals surface area contributed by atoms with Crippen molar-refractivity contribution in [2.75, 3.05) is 6.54 Å². The highest BCUT2D eigenvalue weighted by molar-refractivity contribution is 6.19. The van der Waals surface area contributed by atoms with Gasteiger partial charge in [-0.25, -0.2) is 9.28 Å². The number of fused-ring (bicyclic) bond motifs is 1. The van der Waals surface area contributed by atoms with Crippen LogP contribution in [0.3, 0.4) is 0 Å². The Bertz CT molecular complexity index is 971. The smallest absolute Gasteiger partial charge is 0.346 e. The Morgan fingerprint density at radius 1 is 1.08 bits per heavy atom. The van der Waals surface area contributed by atoms with E-state index in [0.29, 0.717) is 11.1 Å². The first-order valence-electron chi connectivity index (χ1n) is 8.44. The van der Waals surface area contributed by atoms with E-state index in [0.717, 1.165) is 5.56 Å². The number of carbonyl (C=O) groups is 2. The summed E-state index contributed by atoms with van der Waals surface area (Å²) in [4.78, 5) is 25.4. The van der Waals surface area contributed by atoms with Crippen LogP contribution >= 0.6 is 0 Å². The Balaban J connectivity index is 1.76. The quantitative estimate of drug-likeness (QED) is 0.791. The zero-order chi connectivity index (χ0) is 18.3. The van der Waals surface area contributed by atoms with Gasteiger partial charge in [0.25, 0.3) is 0 Å². The van der Waals surface area contributed by atoms with Gasteiger partial charge in [-0.2, -0.15) is 5.26 Å². The first kappa shape index (κ1) is 16.2.